The quantitative estimate of drug-likeness (QED) is 0.0573. The maximum Gasteiger partial charge on any atom is 1.00 e. The van der Waals surface area contributed by atoms with Gasteiger partial charge in [-0.15, -0.1) is 0 Å². The number of phosphoric acid groups is 1. The fourth-order valence-corrected chi connectivity index (χ4v) is 3.91. The number of hydrogen-bond donors (Lipinski definition) is 1. The van der Waals surface area contributed by atoms with Gasteiger partial charge < -0.3 is 33.7 Å². The molecule has 1 N–H and O–H groups in total. The molecule has 0 rings (SSSR count). The largest absolute Gasteiger partial charge is 1.00 e. The van der Waals surface area contributed by atoms with Crippen molar-refractivity contribution in [2.75, 3.05) is 19.8 Å². The third-order valence-corrected chi connectivity index (χ3v) is 6.03. The van der Waals surface area contributed by atoms with Crippen LogP contribution >= 0.6 is 7.82 Å². The number of hydrogen-bond acceptors (Lipinski definition) is 9. The summed E-state index contributed by atoms with van der Waals surface area (Å²) in [4.78, 5) is 56.4. The number of unbranched alkanes of at least 4 members (excludes halogenated alkanes) is 12. The van der Waals surface area contributed by atoms with E-state index in [9.17, 15) is 28.7 Å². The minimum atomic E-state index is -5.24. The number of phosphoric ester groups is 1. The number of amides is 1. The number of nitrogens with one attached hydrogen (secondary N) is 1. The van der Waals surface area contributed by atoms with Crippen molar-refractivity contribution in [1.82, 2.24) is 5.32 Å². The molecule has 0 fully saturated rings. The predicted octanol–water partition coefficient (Wildman–Crippen LogP) is -2.31. The smallest absolute Gasteiger partial charge is 0.790 e. The molecule has 10 nitrogen and oxygen atoms in total. The average molecular weight is 582 g/mol. The molecule has 212 valence electrons. The summed E-state index contributed by atoms with van der Waals surface area (Å²) in [7, 11) is -5.24. The van der Waals surface area contributed by atoms with Gasteiger partial charge in [0.15, 0.2) is 6.10 Å². The molecule has 0 saturated heterocycles. The number of carbonyl (C=O) groups is 3. The molecule has 13 heteroatoms. The van der Waals surface area contributed by atoms with E-state index in [0.717, 1.165) is 57.8 Å². The first-order valence-corrected chi connectivity index (χ1v) is 14.9. The van der Waals surface area contributed by atoms with Crippen LogP contribution in [-0.2, 0) is 32.9 Å². The van der Waals surface area contributed by atoms with Crippen LogP contribution in [0.5, 0.6) is 0 Å². The Morgan fingerprint density at radius 3 is 1.71 bits per heavy atom. The van der Waals surface area contributed by atoms with Gasteiger partial charge >= 0.3 is 71.1 Å². The van der Waals surface area contributed by atoms with Crippen molar-refractivity contribution in [2.24, 2.45) is 0 Å². The molecule has 0 bridgehead atoms. The van der Waals surface area contributed by atoms with Gasteiger partial charge in [-0.25, -0.2) is 0 Å². The molecule has 0 unspecified atom stereocenters. The Morgan fingerprint density at radius 2 is 1.21 bits per heavy atom. The van der Waals surface area contributed by atoms with Crippen LogP contribution < -0.4 is 74.2 Å². The van der Waals surface area contributed by atoms with E-state index in [-0.39, 0.29) is 84.5 Å². The van der Waals surface area contributed by atoms with Crippen molar-refractivity contribution >= 4 is 25.7 Å². The topological polar surface area (TPSA) is 154 Å². The average Bonchev–Trinajstić information content (AvgIpc) is 2.80. The monoisotopic (exact) mass is 581 g/mol. The van der Waals surface area contributed by atoms with Crippen LogP contribution in [0.3, 0.4) is 0 Å². The second-order valence-corrected chi connectivity index (χ2v) is 10.3. The molecule has 0 aliphatic rings. The molecular formula is C25H46NNa2O9P. The van der Waals surface area contributed by atoms with Gasteiger partial charge in [-0.2, -0.15) is 0 Å². The van der Waals surface area contributed by atoms with Gasteiger partial charge in [-0.05, 0) is 19.3 Å². The van der Waals surface area contributed by atoms with E-state index in [1.165, 1.54) is 26.2 Å². The van der Waals surface area contributed by atoms with Crippen LogP contribution in [0, 0.1) is 0 Å². The summed E-state index contributed by atoms with van der Waals surface area (Å²) < 4.78 is 25.3. The first-order chi connectivity index (χ1) is 17.1. The van der Waals surface area contributed by atoms with Crippen molar-refractivity contribution in [3.05, 3.63) is 0 Å². The van der Waals surface area contributed by atoms with Crippen LogP contribution in [-0.4, -0.2) is 43.7 Å². The molecule has 0 aliphatic heterocycles. The Morgan fingerprint density at radius 1 is 0.737 bits per heavy atom. The first kappa shape index (κ1) is 43.0. The second-order valence-electron chi connectivity index (χ2n) is 9.12. The summed E-state index contributed by atoms with van der Waals surface area (Å²) in [6.45, 7) is 3.30. The Balaban J connectivity index is -0.00000612. The molecular weight excluding hydrogens is 535 g/mol. The third kappa shape index (κ3) is 32.7. The van der Waals surface area contributed by atoms with Gasteiger partial charge in [0.1, 0.15) is 6.61 Å². The summed E-state index contributed by atoms with van der Waals surface area (Å²) >= 11 is 0. The normalized spacial score (nSPS) is 11.6. The SMILES string of the molecule is CCCCCCCCCC(=O)O[C@H](COC(=O)CCCCCCCCCNC(C)=O)COP(=O)([O-])[O-].[Na+].[Na+]. The van der Waals surface area contributed by atoms with Crippen LogP contribution in [0.2, 0.25) is 0 Å². The maximum atomic E-state index is 12.1. The number of rotatable bonds is 24. The molecule has 0 aromatic rings. The van der Waals surface area contributed by atoms with E-state index in [1.54, 1.807) is 0 Å². The van der Waals surface area contributed by atoms with Gasteiger partial charge in [0.05, 0.1) is 14.4 Å². The minimum Gasteiger partial charge on any atom is -0.790 e. The van der Waals surface area contributed by atoms with Gasteiger partial charge in [0.25, 0.3) is 0 Å². The molecule has 0 aromatic carbocycles. The van der Waals surface area contributed by atoms with Crippen LogP contribution in [0.15, 0.2) is 0 Å². The summed E-state index contributed by atoms with van der Waals surface area (Å²) in [6.07, 6.45) is 13.1. The first-order valence-electron chi connectivity index (χ1n) is 13.4. The van der Waals surface area contributed by atoms with E-state index >= 15 is 0 Å². The van der Waals surface area contributed by atoms with Crippen molar-refractivity contribution in [3.63, 3.8) is 0 Å². The molecule has 0 heterocycles. The van der Waals surface area contributed by atoms with Crippen LogP contribution in [0.25, 0.3) is 0 Å². The fourth-order valence-electron chi connectivity index (χ4n) is 3.56. The van der Waals surface area contributed by atoms with Gasteiger partial charge in [-0.1, -0.05) is 77.6 Å². The zero-order valence-corrected chi connectivity index (χ0v) is 29.0. The van der Waals surface area contributed by atoms with Crippen molar-refractivity contribution in [3.8, 4) is 0 Å². The number of esters is 2. The zero-order chi connectivity index (χ0) is 27.1. The minimum absolute atomic E-state index is 0. The predicted molar refractivity (Wildman–Crippen MR) is 133 cm³/mol. The molecule has 0 aromatic heterocycles. The van der Waals surface area contributed by atoms with E-state index in [2.05, 4.69) is 16.8 Å². The Labute approximate surface area is 273 Å². The van der Waals surface area contributed by atoms with Crippen molar-refractivity contribution in [1.29, 1.82) is 0 Å². The van der Waals surface area contributed by atoms with Crippen molar-refractivity contribution < 1.29 is 102 Å². The summed E-state index contributed by atoms with van der Waals surface area (Å²) in [5, 5.41) is 2.76. The van der Waals surface area contributed by atoms with E-state index in [4.69, 9.17) is 9.47 Å². The second kappa shape index (κ2) is 29.0. The van der Waals surface area contributed by atoms with Crippen LogP contribution in [0.4, 0.5) is 0 Å². The van der Waals surface area contributed by atoms with E-state index in [1.807, 2.05) is 0 Å². The van der Waals surface area contributed by atoms with Gasteiger partial charge in [0.2, 0.25) is 5.91 Å². The summed E-state index contributed by atoms with van der Waals surface area (Å²) in [5.41, 5.74) is 0. The molecule has 0 spiro atoms. The summed E-state index contributed by atoms with van der Waals surface area (Å²) in [5.74, 6) is -1.04. The number of carbonyl (C=O) groups excluding carboxylic acids is 3. The zero-order valence-electron chi connectivity index (χ0n) is 24.1. The number of ether oxygens (including phenoxy) is 2. The molecule has 0 radical (unpaired) electrons. The van der Waals surface area contributed by atoms with Crippen LogP contribution in [0.1, 0.15) is 117 Å². The maximum absolute atomic E-state index is 12.1. The standard InChI is InChI=1S/C25H48NO9P.2Na/c1-3-4-5-6-8-12-15-18-25(29)35-23(21-34-36(30,31)32)20-33-24(28)17-14-11-9-7-10-13-16-19-26-22(2)27;;/h23H,3-21H2,1-2H3,(H,26,27)(H2,30,31,32);;/q;2*+1/p-2/t23-;;/m1../s1. The Kier molecular flexibility index (Phi) is 32.8. The third-order valence-electron chi connectivity index (χ3n) is 5.56. The van der Waals surface area contributed by atoms with E-state index in [0.29, 0.717) is 19.4 Å². The molecule has 38 heavy (non-hydrogen) atoms. The fraction of sp³-hybridized carbons (Fsp3) is 0.880. The molecule has 1 atom stereocenters. The van der Waals surface area contributed by atoms with Gasteiger partial charge in [0, 0.05) is 26.3 Å². The molecule has 1 amide bonds. The Bertz CT molecular complexity index is 650. The van der Waals surface area contributed by atoms with E-state index < -0.39 is 32.5 Å². The Hall–Kier alpha value is 0.520. The molecule has 0 aliphatic carbocycles. The molecule has 0 saturated carbocycles. The summed E-state index contributed by atoms with van der Waals surface area (Å²) in [6, 6.07) is 0. The van der Waals surface area contributed by atoms with Crippen molar-refractivity contribution in [2.45, 2.75) is 123 Å². The van der Waals surface area contributed by atoms with Gasteiger partial charge in [-0.3, -0.25) is 14.4 Å².